The van der Waals surface area contributed by atoms with Crippen LogP contribution >= 0.6 is 8.53 Å². The molecule has 1 aromatic rings. The molecule has 0 saturated heterocycles. The third-order valence-corrected chi connectivity index (χ3v) is 6.27. The molecule has 1 rings (SSSR count). The molecule has 0 fully saturated rings. The third kappa shape index (κ3) is 8.57. The minimum Gasteiger partial charge on any atom is -0.497 e. The van der Waals surface area contributed by atoms with Gasteiger partial charge in [0.25, 0.3) is 8.53 Å². The first-order chi connectivity index (χ1) is 15.9. The van der Waals surface area contributed by atoms with E-state index >= 15 is 0 Å². The van der Waals surface area contributed by atoms with Crippen LogP contribution in [0.15, 0.2) is 24.3 Å². The molecule has 34 heavy (non-hydrogen) atoms. The number of hydrogen-bond acceptors (Lipinski definition) is 11. The van der Waals surface area contributed by atoms with Crippen molar-refractivity contribution in [2.45, 2.75) is 83.5 Å². The van der Waals surface area contributed by atoms with Gasteiger partial charge in [-0.1, -0.05) is 0 Å². The molecule has 0 aliphatic rings. The van der Waals surface area contributed by atoms with Crippen molar-refractivity contribution in [1.82, 2.24) is 4.90 Å². The first-order valence-electron chi connectivity index (χ1n) is 10.9. The predicted molar refractivity (Wildman–Crippen MR) is 127 cm³/mol. The summed E-state index contributed by atoms with van der Waals surface area (Å²) in [6.07, 6.45) is -6.30. The lowest BCUT2D eigenvalue weighted by Gasteiger charge is -2.41. The minimum absolute atomic E-state index is 0.00493. The van der Waals surface area contributed by atoms with Gasteiger partial charge in [-0.05, 0) is 58.9 Å². The number of nitrogens with zero attached hydrogens (tertiary/aromatic N) is 2. The monoisotopic (exact) mass is 503 g/mol. The molecule has 12 heteroatoms. The van der Waals surface area contributed by atoms with Crippen LogP contribution in [0.5, 0.6) is 11.5 Å². The van der Waals surface area contributed by atoms with E-state index in [-0.39, 0.29) is 25.1 Å². The Morgan fingerprint density at radius 3 is 2.03 bits per heavy atom. The summed E-state index contributed by atoms with van der Waals surface area (Å²) in [5, 5.41) is 50.2. The summed E-state index contributed by atoms with van der Waals surface area (Å²) in [7, 11) is -0.762. The average Bonchev–Trinajstić information content (AvgIpc) is 2.76. The predicted octanol–water partition coefficient (Wildman–Crippen LogP) is 1.44. The highest BCUT2D eigenvalue weighted by molar-refractivity contribution is 7.44. The number of nitrogens with two attached hydrogens (primary N) is 1. The minimum atomic E-state index is -2.29. The lowest BCUT2D eigenvalue weighted by atomic mass is 9.94. The van der Waals surface area contributed by atoms with Crippen molar-refractivity contribution in [2.24, 2.45) is 5.50 Å². The van der Waals surface area contributed by atoms with Crippen LogP contribution in [-0.4, -0.2) is 81.5 Å². The second-order valence-corrected chi connectivity index (χ2v) is 9.45. The van der Waals surface area contributed by atoms with Gasteiger partial charge < -0.3 is 38.9 Å². The summed E-state index contributed by atoms with van der Waals surface area (Å²) in [6, 6.07) is 8.67. The van der Waals surface area contributed by atoms with Gasteiger partial charge in [0.2, 0.25) is 0 Å². The van der Waals surface area contributed by atoms with Gasteiger partial charge in [-0.15, -0.1) is 0 Å². The van der Waals surface area contributed by atoms with Crippen LogP contribution < -0.4 is 15.0 Å². The number of ether oxygens (including phenoxy) is 2. The van der Waals surface area contributed by atoms with Crippen molar-refractivity contribution in [2.75, 3.05) is 13.7 Å². The number of benzene rings is 1. The first-order valence-corrected chi connectivity index (χ1v) is 12.2. The molecule has 5 atom stereocenters. The van der Waals surface area contributed by atoms with Crippen LogP contribution in [0.4, 0.5) is 0 Å². The molecule has 6 N–H and O–H groups in total. The molecule has 0 spiro atoms. The van der Waals surface area contributed by atoms with E-state index in [1.807, 2.05) is 38.7 Å². The van der Waals surface area contributed by atoms with Crippen molar-refractivity contribution < 1.29 is 38.9 Å². The average molecular weight is 504 g/mol. The van der Waals surface area contributed by atoms with Crippen molar-refractivity contribution >= 4 is 8.53 Å². The second-order valence-electron chi connectivity index (χ2n) is 8.49. The highest BCUT2D eigenvalue weighted by atomic mass is 31.2. The number of aliphatic hydroxyl groups excluding tert-OH is 3. The number of rotatable bonds is 15. The molecule has 0 amide bonds. The summed E-state index contributed by atoms with van der Waals surface area (Å²) in [5.74, 6) is 1.03. The van der Waals surface area contributed by atoms with Crippen molar-refractivity contribution in [3.8, 4) is 17.6 Å². The Labute approximate surface area is 202 Å². The molecule has 0 saturated carbocycles. The Morgan fingerprint density at radius 2 is 1.59 bits per heavy atom. The summed E-state index contributed by atoms with van der Waals surface area (Å²) >= 11 is 0. The Kier molecular flexibility index (Phi) is 12.6. The van der Waals surface area contributed by atoms with Gasteiger partial charge >= 0.3 is 0 Å². The van der Waals surface area contributed by atoms with Gasteiger partial charge in [0, 0.05) is 12.1 Å². The normalized spacial score (nSPS) is 17.4. The van der Waals surface area contributed by atoms with Gasteiger partial charge in [0.15, 0.2) is 11.9 Å². The quantitative estimate of drug-likeness (QED) is 0.173. The summed E-state index contributed by atoms with van der Waals surface area (Å²) in [6.45, 7) is 8.59. The molecule has 0 bridgehead atoms. The fourth-order valence-electron chi connectivity index (χ4n) is 3.45. The van der Waals surface area contributed by atoms with Crippen LogP contribution in [0.25, 0.3) is 0 Å². The molecule has 0 aliphatic heterocycles. The van der Waals surface area contributed by atoms with E-state index in [0.717, 1.165) is 0 Å². The molecule has 1 aromatic carbocycles. The van der Waals surface area contributed by atoms with E-state index in [2.05, 4.69) is 0 Å². The zero-order valence-corrected chi connectivity index (χ0v) is 21.4. The van der Waals surface area contributed by atoms with E-state index in [9.17, 15) is 25.7 Å². The standard InChI is InChI=1S/C22H38N3O8P/c1-14(2)25(15(3)4)19(11-12-23)32-34(24)33-22(5,21(28)29)20(27)18(26)13-31-17-9-7-16(30-6)8-10-17/h7-10,14-15,18-21,26-29H,11,13,24H2,1-6H3. The lowest BCUT2D eigenvalue weighted by Crippen LogP contribution is -2.57. The highest BCUT2D eigenvalue weighted by Gasteiger charge is 2.47. The fourth-order valence-corrected chi connectivity index (χ4v) is 4.51. The van der Waals surface area contributed by atoms with E-state index in [1.54, 1.807) is 24.3 Å². The maximum absolute atomic E-state index is 10.7. The van der Waals surface area contributed by atoms with Crippen LogP contribution in [0, 0.1) is 11.3 Å². The topological polar surface area (TPSA) is 171 Å². The van der Waals surface area contributed by atoms with Crippen LogP contribution in [0.2, 0.25) is 0 Å². The molecule has 194 valence electrons. The van der Waals surface area contributed by atoms with E-state index < -0.39 is 38.9 Å². The number of aliphatic hydroxyl groups is 4. The molecule has 0 aliphatic carbocycles. The van der Waals surface area contributed by atoms with Crippen molar-refractivity contribution in [1.29, 1.82) is 5.26 Å². The Morgan fingerprint density at radius 1 is 1.06 bits per heavy atom. The zero-order chi connectivity index (χ0) is 26.1. The lowest BCUT2D eigenvalue weighted by molar-refractivity contribution is -0.223. The third-order valence-electron chi connectivity index (χ3n) is 5.25. The molecule has 0 aromatic heterocycles. The number of hydrogen-bond donors (Lipinski definition) is 5. The Balaban J connectivity index is 2.89. The van der Waals surface area contributed by atoms with Crippen molar-refractivity contribution in [3.05, 3.63) is 24.3 Å². The first kappa shape index (κ1) is 30.5. The van der Waals surface area contributed by atoms with E-state index in [0.29, 0.717) is 11.5 Å². The van der Waals surface area contributed by atoms with Gasteiger partial charge in [-0.2, -0.15) is 5.26 Å². The largest absolute Gasteiger partial charge is 0.497 e. The second kappa shape index (κ2) is 14.1. The molecular weight excluding hydrogens is 465 g/mol. The summed E-state index contributed by atoms with van der Waals surface area (Å²) < 4.78 is 21.9. The van der Waals surface area contributed by atoms with Gasteiger partial charge in [-0.3, -0.25) is 10.4 Å². The number of nitriles is 1. The fraction of sp³-hybridized carbons (Fsp3) is 0.682. The SMILES string of the molecule is COc1ccc(OCC(O)C(O)C(C)(OP(N)OC(CC#N)N(C(C)C)C(C)C)C(O)O)cc1. The summed E-state index contributed by atoms with van der Waals surface area (Å²) in [4.78, 5) is 1.93. The molecule has 0 radical (unpaired) electrons. The zero-order valence-electron chi connectivity index (χ0n) is 20.5. The Hall–Kier alpha value is -1.58. The summed E-state index contributed by atoms with van der Waals surface area (Å²) in [5.41, 5.74) is 3.91. The molecule has 5 unspecified atom stereocenters. The van der Waals surface area contributed by atoms with Crippen LogP contribution in [0.1, 0.15) is 41.0 Å². The van der Waals surface area contributed by atoms with E-state index in [1.165, 1.54) is 14.0 Å². The van der Waals surface area contributed by atoms with Crippen LogP contribution in [-0.2, 0) is 9.05 Å². The molecular formula is C22H38N3O8P. The van der Waals surface area contributed by atoms with Gasteiger partial charge in [0.1, 0.15) is 36.5 Å². The smallest absolute Gasteiger partial charge is 0.255 e. The maximum Gasteiger partial charge on any atom is 0.255 e. The molecule has 11 nitrogen and oxygen atoms in total. The number of methoxy groups -OCH3 is 1. The van der Waals surface area contributed by atoms with Crippen LogP contribution in [0.3, 0.4) is 0 Å². The van der Waals surface area contributed by atoms with Gasteiger partial charge in [0.05, 0.1) is 19.6 Å². The molecule has 0 heterocycles. The Bertz CT molecular complexity index is 754. The van der Waals surface area contributed by atoms with Gasteiger partial charge in [-0.25, -0.2) is 0 Å². The van der Waals surface area contributed by atoms with Crippen molar-refractivity contribution in [3.63, 3.8) is 0 Å². The highest BCUT2D eigenvalue weighted by Crippen LogP contribution is 2.41. The van der Waals surface area contributed by atoms with E-state index in [4.69, 9.17) is 24.0 Å². The maximum atomic E-state index is 10.7.